The zero-order chi connectivity index (χ0) is 17.8. The van der Waals surface area contributed by atoms with Gasteiger partial charge in [-0.2, -0.15) is 0 Å². The molecule has 0 atom stereocenters. The van der Waals surface area contributed by atoms with Gasteiger partial charge in [0.1, 0.15) is 5.82 Å². The molecule has 4 nitrogen and oxygen atoms in total. The van der Waals surface area contributed by atoms with E-state index in [0.29, 0.717) is 12.2 Å². The zero-order valence-corrected chi connectivity index (χ0v) is 14.8. The number of nitrogens with zero attached hydrogens (tertiary/aromatic N) is 2. The van der Waals surface area contributed by atoms with Crippen LogP contribution in [0.15, 0.2) is 42.5 Å². The standard InChI is InChI=1S/C20H24FN3O/c1-15-6-5-8-18(16(15)2)22-20(25)14-23-10-12-24(13-11-23)19-9-4-3-7-17(19)21/h3-9H,10-14H2,1-2H3,(H,22,25). The molecule has 132 valence electrons. The Bertz CT molecular complexity index is 754. The Kier molecular flexibility index (Phi) is 5.34. The third-order valence-corrected chi connectivity index (χ3v) is 4.81. The van der Waals surface area contributed by atoms with Crippen molar-refractivity contribution in [1.29, 1.82) is 0 Å². The summed E-state index contributed by atoms with van der Waals surface area (Å²) >= 11 is 0. The van der Waals surface area contributed by atoms with Crippen LogP contribution in [0.2, 0.25) is 0 Å². The normalized spacial score (nSPS) is 15.2. The Balaban J connectivity index is 1.53. The van der Waals surface area contributed by atoms with Crippen LogP contribution in [-0.4, -0.2) is 43.5 Å². The molecular formula is C20H24FN3O. The molecular weight excluding hydrogens is 317 g/mol. The van der Waals surface area contributed by atoms with Crippen molar-refractivity contribution in [2.45, 2.75) is 13.8 Å². The number of carbonyl (C=O) groups excluding carboxylic acids is 1. The van der Waals surface area contributed by atoms with Crippen LogP contribution < -0.4 is 10.2 Å². The first-order valence-corrected chi connectivity index (χ1v) is 8.62. The Morgan fingerprint density at radius 3 is 2.48 bits per heavy atom. The van der Waals surface area contributed by atoms with Crippen LogP contribution in [0.3, 0.4) is 0 Å². The molecule has 3 rings (SSSR count). The molecule has 0 spiro atoms. The molecule has 0 bridgehead atoms. The molecule has 1 heterocycles. The smallest absolute Gasteiger partial charge is 0.238 e. The minimum Gasteiger partial charge on any atom is -0.367 e. The van der Waals surface area contributed by atoms with E-state index in [1.165, 1.54) is 6.07 Å². The summed E-state index contributed by atoms with van der Waals surface area (Å²) in [7, 11) is 0. The monoisotopic (exact) mass is 341 g/mol. The maximum absolute atomic E-state index is 13.9. The van der Waals surface area contributed by atoms with E-state index >= 15 is 0 Å². The lowest BCUT2D eigenvalue weighted by atomic mass is 10.1. The predicted molar refractivity (Wildman–Crippen MR) is 99.6 cm³/mol. The van der Waals surface area contributed by atoms with Gasteiger partial charge in [-0.1, -0.05) is 24.3 Å². The number of carbonyl (C=O) groups is 1. The molecule has 1 aliphatic rings. The molecule has 0 unspecified atom stereocenters. The van der Waals surface area contributed by atoms with Gasteiger partial charge in [0.25, 0.3) is 0 Å². The molecule has 2 aromatic rings. The molecule has 1 saturated heterocycles. The number of anilines is 2. The van der Waals surface area contributed by atoms with Crippen LogP contribution in [0.4, 0.5) is 15.8 Å². The molecule has 1 amide bonds. The van der Waals surface area contributed by atoms with Crippen LogP contribution in [-0.2, 0) is 4.79 Å². The SMILES string of the molecule is Cc1cccc(NC(=O)CN2CCN(c3ccccc3F)CC2)c1C. The van der Waals surface area contributed by atoms with Gasteiger partial charge in [0.15, 0.2) is 0 Å². The van der Waals surface area contributed by atoms with E-state index in [1.54, 1.807) is 12.1 Å². The number of amides is 1. The first kappa shape index (κ1) is 17.4. The Morgan fingerprint density at radius 2 is 1.76 bits per heavy atom. The molecule has 1 fully saturated rings. The van der Waals surface area contributed by atoms with E-state index in [0.717, 1.165) is 43.0 Å². The summed E-state index contributed by atoms with van der Waals surface area (Å²) in [6.07, 6.45) is 0. The van der Waals surface area contributed by atoms with Crippen molar-refractivity contribution in [1.82, 2.24) is 4.90 Å². The van der Waals surface area contributed by atoms with E-state index in [-0.39, 0.29) is 11.7 Å². The van der Waals surface area contributed by atoms with Crippen molar-refractivity contribution in [3.05, 3.63) is 59.4 Å². The van der Waals surface area contributed by atoms with Crippen molar-refractivity contribution < 1.29 is 9.18 Å². The van der Waals surface area contributed by atoms with E-state index in [2.05, 4.69) is 10.2 Å². The second kappa shape index (κ2) is 7.66. The number of rotatable bonds is 4. The lowest BCUT2D eigenvalue weighted by Gasteiger charge is -2.35. The van der Waals surface area contributed by atoms with Crippen LogP contribution in [0.5, 0.6) is 0 Å². The first-order valence-electron chi connectivity index (χ1n) is 8.62. The number of halogens is 1. The number of para-hydroxylation sites is 1. The summed E-state index contributed by atoms with van der Waals surface area (Å²) in [5, 5.41) is 3.00. The summed E-state index contributed by atoms with van der Waals surface area (Å²) in [6.45, 7) is 7.34. The minimum absolute atomic E-state index is 0.00644. The van der Waals surface area contributed by atoms with Gasteiger partial charge in [-0.3, -0.25) is 9.69 Å². The molecule has 0 saturated carbocycles. The van der Waals surface area contributed by atoms with Crippen LogP contribution in [0, 0.1) is 19.7 Å². The van der Waals surface area contributed by atoms with Crippen molar-refractivity contribution in [3.63, 3.8) is 0 Å². The van der Waals surface area contributed by atoms with Gasteiger partial charge in [-0.05, 0) is 43.2 Å². The van der Waals surface area contributed by atoms with E-state index in [9.17, 15) is 9.18 Å². The summed E-state index contributed by atoms with van der Waals surface area (Å²) in [5.74, 6) is -0.198. The van der Waals surface area contributed by atoms with Gasteiger partial charge in [0.2, 0.25) is 5.91 Å². The van der Waals surface area contributed by atoms with Crippen molar-refractivity contribution >= 4 is 17.3 Å². The quantitative estimate of drug-likeness (QED) is 0.928. The molecule has 0 aliphatic carbocycles. The predicted octanol–water partition coefficient (Wildman–Crippen LogP) is 3.20. The number of piperazine rings is 1. The van der Waals surface area contributed by atoms with Gasteiger partial charge in [-0.15, -0.1) is 0 Å². The molecule has 1 N–H and O–H groups in total. The summed E-state index contributed by atoms with van der Waals surface area (Å²) in [6, 6.07) is 12.8. The summed E-state index contributed by atoms with van der Waals surface area (Å²) in [4.78, 5) is 16.5. The van der Waals surface area contributed by atoms with Gasteiger partial charge in [0.05, 0.1) is 12.2 Å². The first-order chi connectivity index (χ1) is 12.0. The van der Waals surface area contributed by atoms with Crippen LogP contribution in [0.1, 0.15) is 11.1 Å². The fraction of sp³-hybridized carbons (Fsp3) is 0.350. The highest BCUT2D eigenvalue weighted by Gasteiger charge is 2.21. The van der Waals surface area contributed by atoms with Gasteiger partial charge >= 0.3 is 0 Å². The minimum atomic E-state index is -0.191. The van der Waals surface area contributed by atoms with Gasteiger partial charge in [0, 0.05) is 31.9 Å². The Hall–Kier alpha value is -2.40. The zero-order valence-electron chi connectivity index (χ0n) is 14.8. The number of hydrogen-bond acceptors (Lipinski definition) is 3. The number of hydrogen-bond donors (Lipinski definition) is 1. The van der Waals surface area contributed by atoms with Crippen molar-refractivity contribution in [2.75, 3.05) is 42.9 Å². The second-order valence-electron chi connectivity index (χ2n) is 6.51. The Morgan fingerprint density at radius 1 is 1.04 bits per heavy atom. The number of aryl methyl sites for hydroxylation is 1. The largest absolute Gasteiger partial charge is 0.367 e. The highest BCUT2D eigenvalue weighted by Crippen LogP contribution is 2.20. The summed E-state index contributed by atoms with van der Waals surface area (Å²) in [5.41, 5.74) is 3.77. The maximum atomic E-state index is 13.9. The lowest BCUT2D eigenvalue weighted by Crippen LogP contribution is -2.48. The lowest BCUT2D eigenvalue weighted by molar-refractivity contribution is -0.117. The molecule has 5 heteroatoms. The molecule has 0 radical (unpaired) electrons. The van der Waals surface area contributed by atoms with Crippen LogP contribution in [0.25, 0.3) is 0 Å². The highest BCUT2D eigenvalue weighted by molar-refractivity contribution is 5.93. The van der Waals surface area contributed by atoms with Crippen molar-refractivity contribution in [2.24, 2.45) is 0 Å². The highest BCUT2D eigenvalue weighted by atomic mass is 19.1. The van der Waals surface area contributed by atoms with Crippen LogP contribution >= 0.6 is 0 Å². The van der Waals surface area contributed by atoms with E-state index in [1.807, 2.05) is 43.0 Å². The Labute approximate surface area is 148 Å². The average molecular weight is 341 g/mol. The summed E-state index contributed by atoms with van der Waals surface area (Å²) < 4.78 is 13.9. The molecule has 2 aromatic carbocycles. The topological polar surface area (TPSA) is 35.6 Å². The van der Waals surface area contributed by atoms with Gasteiger partial charge < -0.3 is 10.2 Å². The molecule has 25 heavy (non-hydrogen) atoms. The fourth-order valence-corrected chi connectivity index (χ4v) is 3.13. The molecule has 1 aliphatic heterocycles. The third-order valence-electron chi connectivity index (χ3n) is 4.81. The third kappa shape index (κ3) is 4.17. The van der Waals surface area contributed by atoms with E-state index < -0.39 is 0 Å². The van der Waals surface area contributed by atoms with Gasteiger partial charge in [-0.25, -0.2) is 4.39 Å². The average Bonchev–Trinajstić information content (AvgIpc) is 2.60. The number of nitrogens with one attached hydrogen (secondary N) is 1. The molecule has 0 aromatic heterocycles. The van der Waals surface area contributed by atoms with Crippen molar-refractivity contribution in [3.8, 4) is 0 Å². The second-order valence-corrected chi connectivity index (χ2v) is 6.51. The fourth-order valence-electron chi connectivity index (χ4n) is 3.13. The number of benzene rings is 2. The maximum Gasteiger partial charge on any atom is 0.238 e. The van der Waals surface area contributed by atoms with E-state index in [4.69, 9.17) is 0 Å².